The Labute approximate surface area is 201 Å². The molecule has 2 heterocycles. The number of phenols is 2. The van der Waals surface area contributed by atoms with Crippen LogP contribution in [0.25, 0.3) is 22.3 Å². The first-order valence-corrected chi connectivity index (χ1v) is 11.8. The van der Waals surface area contributed by atoms with Gasteiger partial charge in [-0.05, 0) is 78.1 Å². The summed E-state index contributed by atoms with van der Waals surface area (Å²) in [4.78, 5) is 0. The molecule has 1 aliphatic rings. The highest BCUT2D eigenvalue weighted by molar-refractivity contribution is 5.88. The lowest BCUT2D eigenvalue weighted by Gasteiger charge is -2.24. The summed E-state index contributed by atoms with van der Waals surface area (Å²) >= 11 is 0. The fourth-order valence-electron chi connectivity index (χ4n) is 4.39. The second kappa shape index (κ2) is 9.22. The molecule has 34 heavy (non-hydrogen) atoms. The number of ether oxygens (including phenoxy) is 1. The fourth-order valence-corrected chi connectivity index (χ4v) is 4.39. The molecule has 0 amide bonds. The monoisotopic (exact) mass is 462 g/mol. The summed E-state index contributed by atoms with van der Waals surface area (Å²) in [5, 5.41) is 32.2. The fraction of sp³-hybridized carbons (Fsp3) is 0.379. The third kappa shape index (κ3) is 5.00. The van der Waals surface area contributed by atoms with E-state index in [9.17, 15) is 15.3 Å². The van der Waals surface area contributed by atoms with Gasteiger partial charge in [0, 0.05) is 34.6 Å². The number of aliphatic hydroxyl groups is 1. The van der Waals surface area contributed by atoms with Crippen molar-refractivity contribution < 1.29 is 24.5 Å². The van der Waals surface area contributed by atoms with E-state index in [0.29, 0.717) is 29.9 Å². The van der Waals surface area contributed by atoms with Gasteiger partial charge in [-0.25, -0.2) is 0 Å². The topological polar surface area (TPSA) is 83.1 Å². The largest absolute Gasteiger partial charge is 0.508 e. The summed E-state index contributed by atoms with van der Waals surface area (Å²) in [5.74, 6) is 1.43. The Balaban J connectivity index is 1.68. The SMILES string of the molecule is CC(C)=CCC/C(C)=C/Cc1c(O)ccc2cc(-c3cc(O)cc4c3C[C@@H](C(C)(C)O)O4)oc12. The number of rotatable bonds is 7. The predicted octanol–water partition coefficient (Wildman–Crippen LogP) is 6.82. The van der Waals surface area contributed by atoms with Crippen LogP contribution in [0.1, 0.15) is 58.6 Å². The average Bonchev–Trinajstić information content (AvgIpc) is 3.36. The van der Waals surface area contributed by atoms with Crippen molar-refractivity contribution in [2.45, 2.75) is 72.0 Å². The predicted molar refractivity (Wildman–Crippen MR) is 136 cm³/mol. The van der Waals surface area contributed by atoms with Gasteiger partial charge in [0.15, 0.2) is 0 Å². The number of allylic oxidation sites excluding steroid dienone is 4. The zero-order valence-corrected chi connectivity index (χ0v) is 20.6. The number of hydrogen-bond acceptors (Lipinski definition) is 5. The van der Waals surface area contributed by atoms with Crippen molar-refractivity contribution in [3.8, 4) is 28.6 Å². The van der Waals surface area contributed by atoms with Gasteiger partial charge in [-0.15, -0.1) is 0 Å². The van der Waals surface area contributed by atoms with Gasteiger partial charge in [0.2, 0.25) is 0 Å². The van der Waals surface area contributed by atoms with Crippen molar-refractivity contribution in [3.63, 3.8) is 0 Å². The van der Waals surface area contributed by atoms with Crippen molar-refractivity contribution in [3.05, 3.63) is 64.8 Å². The third-order valence-electron chi connectivity index (χ3n) is 6.42. The molecule has 0 bridgehead atoms. The first-order chi connectivity index (χ1) is 16.0. The van der Waals surface area contributed by atoms with Crippen molar-refractivity contribution in [1.82, 2.24) is 0 Å². The van der Waals surface area contributed by atoms with Crippen molar-refractivity contribution >= 4 is 11.0 Å². The minimum atomic E-state index is -1.02. The van der Waals surface area contributed by atoms with E-state index in [0.717, 1.165) is 34.9 Å². The molecule has 1 aromatic heterocycles. The number of phenolic OH excluding ortho intramolecular Hbond substituents is 2. The van der Waals surface area contributed by atoms with E-state index in [1.165, 1.54) is 11.1 Å². The van der Waals surface area contributed by atoms with Gasteiger partial charge in [-0.2, -0.15) is 0 Å². The van der Waals surface area contributed by atoms with E-state index < -0.39 is 11.7 Å². The van der Waals surface area contributed by atoms with Gasteiger partial charge in [0.25, 0.3) is 0 Å². The molecule has 0 saturated heterocycles. The Morgan fingerprint density at radius 3 is 2.56 bits per heavy atom. The van der Waals surface area contributed by atoms with Crippen LogP contribution in [0.4, 0.5) is 0 Å². The molecular weight excluding hydrogens is 428 g/mol. The Kier molecular flexibility index (Phi) is 6.50. The molecule has 1 atom stereocenters. The van der Waals surface area contributed by atoms with E-state index in [1.54, 1.807) is 32.0 Å². The first-order valence-electron chi connectivity index (χ1n) is 11.8. The highest BCUT2D eigenvalue weighted by atomic mass is 16.5. The second-order valence-corrected chi connectivity index (χ2v) is 10.1. The Hall–Kier alpha value is -3.18. The van der Waals surface area contributed by atoms with E-state index in [4.69, 9.17) is 9.15 Å². The molecular formula is C29H34O5. The molecule has 2 aromatic carbocycles. The lowest BCUT2D eigenvalue weighted by molar-refractivity contribution is -0.0230. The minimum Gasteiger partial charge on any atom is -0.508 e. The maximum absolute atomic E-state index is 10.6. The molecule has 0 fully saturated rings. The molecule has 0 spiro atoms. The van der Waals surface area contributed by atoms with E-state index in [1.807, 2.05) is 12.1 Å². The normalized spacial score (nSPS) is 15.9. The lowest BCUT2D eigenvalue weighted by Crippen LogP contribution is -2.39. The Morgan fingerprint density at radius 1 is 1.09 bits per heavy atom. The molecule has 180 valence electrons. The Bertz CT molecular complexity index is 1270. The van der Waals surface area contributed by atoms with Crippen LogP contribution in [-0.2, 0) is 12.8 Å². The summed E-state index contributed by atoms with van der Waals surface area (Å²) in [6.45, 7) is 9.75. The van der Waals surface area contributed by atoms with Crippen molar-refractivity contribution in [1.29, 1.82) is 0 Å². The minimum absolute atomic E-state index is 0.0728. The molecule has 4 rings (SSSR count). The van der Waals surface area contributed by atoms with Crippen LogP contribution in [0, 0.1) is 0 Å². The molecule has 0 radical (unpaired) electrons. The third-order valence-corrected chi connectivity index (χ3v) is 6.42. The zero-order chi connectivity index (χ0) is 24.6. The maximum Gasteiger partial charge on any atom is 0.142 e. The molecule has 3 N–H and O–H groups in total. The number of benzene rings is 2. The van der Waals surface area contributed by atoms with Crippen molar-refractivity contribution in [2.24, 2.45) is 0 Å². The summed E-state index contributed by atoms with van der Waals surface area (Å²) < 4.78 is 12.2. The van der Waals surface area contributed by atoms with Gasteiger partial charge >= 0.3 is 0 Å². The van der Waals surface area contributed by atoms with Gasteiger partial charge in [0.05, 0.1) is 5.60 Å². The highest BCUT2D eigenvalue weighted by Crippen LogP contribution is 2.44. The molecule has 0 unspecified atom stereocenters. The van der Waals surface area contributed by atoms with Crippen LogP contribution in [0.15, 0.2) is 58.0 Å². The smallest absolute Gasteiger partial charge is 0.142 e. The molecule has 3 aromatic rings. The van der Waals surface area contributed by atoms with E-state index in [-0.39, 0.29) is 11.5 Å². The number of hydrogen-bond donors (Lipinski definition) is 3. The summed E-state index contributed by atoms with van der Waals surface area (Å²) in [6, 6.07) is 8.71. The number of furan rings is 1. The zero-order valence-electron chi connectivity index (χ0n) is 20.6. The lowest BCUT2D eigenvalue weighted by atomic mass is 9.94. The molecule has 0 aliphatic carbocycles. The quantitative estimate of drug-likeness (QED) is 0.336. The van der Waals surface area contributed by atoms with Crippen LogP contribution < -0.4 is 4.74 Å². The standard InChI is InChI=1S/C29H34O5/c1-17(2)7-6-8-18(3)9-11-21-24(31)12-10-19-13-25(34-28(19)21)22-14-20(30)15-26-23(22)16-27(33-26)29(4,5)32/h7,9-10,12-15,27,30-32H,6,8,11,16H2,1-5H3/b18-9+/t27-/m0/s1. The number of aromatic hydroxyl groups is 2. The molecule has 0 saturated carbocycles. The average molecular weight is 463 g/mol. The van der Waals surface area contributed by atoms with Crippen LogP contribution >= 0.6 is 0 Å². The van der Waals surface area contributed by atoms with Gasteiger partial charge < -0.3 is 24.5 Å². The van der Waals surface area contributed by atoms with Crippen molar-refractivity contribution in [2.75, 3.05) is 0 Å². The van der Waals surface area contributed by atoms with Gasteiger partial charge in [-0.3, -0.25) is 0 Å². The maximum atomic E-state index is 10.6. The van der Waals surface area contributed by atoms with E-state index >= 15 is 0 Å². The van der Waals surface area contributed by atoms with Crippen LogP contribution in [0.5, 0.6) is 17.2 Å². The molecule has 1 aliphatic heterocycles. The van der Waals surface area contributed by atoms with Gasteiger partial charge in [0.1, 0.15) is 34.7 Å². The van der Waals surface area contributed by atoms with Crippen LogP contribution in [-0.4, -0.2) is 27.0 Å². The molecule has 5 heteroatoms. The van der Waals surface area contributed by atoms with E-state index in [2.05, 4.69) is 32.9 Å². The summed E-state index contributed by atoms with van der Waals surface area (Å²) in [7, 11) is 0. The van der Waals surface area contributed by atoms with Crippen LogP contribution in [0.2, 0.25) is 0 Å². The highest BCUT2D eigenvalue weighted by Gasteiger charge is 2.37. The Morgan fingerprint density at radius 2 is 1.85 bits per heavy atom. The van der Waals surface area contributed by atoms with Gasteiger partial charge in [-0.1, -0.05) is 23.3 Å². The number of fused-ring (bicyclic) bond motifs is 2. The molecule has 5 nitrogen and oxygen atoms in total. The second-order valence-electron chi connectivity index (χ2n) is 10.1. The van der Waals surface area contributed by atoms with Crippen LogP contribution in [0.3, 0.4) is 0 Å². The summed E-state index contributed by atoms with van der Waals surface area (Å²) in [5.41, 5.74) is 4.57. The summed E-state index contributed by atoms with van der Waals surface area (Å²) in [6.07, 6.45) is 7.02. The first kappa shape index (κ1) is 24.0.